The molecule has 0 bridgehead atoms. The van der Waals surface area contributed by atoms with Crippen molar-refractivity contribution in [3.8, 4) is 11.1 Å². The molecule has 5 rings (SSSR count). The van der Waals surface area contributed by atoms with E-state index in [1.54, 1.807) is 12.4 Å². The van der Waals surface area contributed by atoms with Crippen LogP contribution in [0.2, 0.25) is 0 Å². The number of benzene rings is 2. The van der Waals surface area contributed by atoms with Gasteiger partial charge in [0.15, 0.2) is 5.13 Å². The minimum absolute atomic E-state index is 0.0366. The molecule has 1 amide bonds. The lowest BCUT2D eigenvalue weighted by molar-refractivity contribution is -0.120. The highest BCUT2D eigenvalue weighted by atomic mass is 32.1. The Kier molecular flexibility index (Phi) is 5.35. The predicted molar refractivity (Wildman–Crippen MR) is 125 cm³/mol. The maximum atomic E-state index is 12.9. The van der Waals surface area contributed by atoms with Crippen molar-refractivity contribution in [2.24, 2.45) is 5.92 Å². The first-order valence-corrected chi connectivity index (χ1v) is 11.4. The Balaban J connectivity index is 1.22. The highest BCUT2D eigenvalue weighted by Gasteiger charge is 2.34. The SMILES string of the molecule is CC1c2ccccc2CC1C(=O)Nc1nc(Cc2ccc(-c3ccncc3)cc2)cs1. The lowest BCUT2D eigenvalue weighted by Crippen LogP contribution is -2.25. The number of amides is 1. The maximum absolute atomic E-state index is 12.9. The second-order valence-corrected chi connectivity index (χ2v) is 8.90. The van der Waals surface area contributed by atoms with Crippen molar-refractivity contribution in [1.82, 2.24) is 9.97 Å². The van der Waals surface area contributed by atoms with E-state index in [0.717, 1.165) is 24.1 Å². The molecule has 1 N–H and O–H groups in total. The van der Waals surface area contributed by atoms with Gasteiger partial charge >= 0.3 is 0 Å². The summed E-state index contributed by atoms with van der Waals surface area (Å²) in [4.78, 5) is 21.6. The van der Waals surface area contributed by atoms with E-state index in [-0.39, 0.29) is 17.7 Å². The molecule has 4 aromatic rings. The van der Waals surface area contributed by atoms with E-state index >= 15 is 0 Å². The number of hydrogen-bond acceptors (Lipinski definition) is 4. The van der Waals surface area contributed by atoms with Gasteiger partial charge in [0.2, 0.25) is 5.91 Å². The third-order valence-electron chi connectivity index (χ3n) is 6.06. The van der Waals surface area contributed by atoms with E-state index in [1.165, 1.54) is 33.6 Å². The molecule has 0 saturated heterocycles. The Bertz CT molecular complexity index is 1200. The predicted octanol–water partition coefficient (Wildman–Crippen LogP) is 5.71. The molecule has 2 unspecified atom stereocenters. The first-order valence-electron chi connectivity index (χ1n) is 10.5. The van der Waals surface area contributed by atoms with Crippen LogP contribution in [-0.4, -0.2) is 15.9 Å². The molecular formula is C26H23N3OS. The molecule has 2 atom stereocenters. The summed E-state index contributed by atoms with van der Waals surface area (Å²) in [6.45, 7) is 2.14. The first kappa shape index (κ1) is 19.6. The number of rotatable bonds is 5. The second kappa shape index (κ2) is 8.44. The Morgan fingerprint density at radius 3 is 2.55 bits per heavy atom. The van der Waals surface area contributed by atoms with E-state index in [9.17, 15) is 4.79 Å². The van der Waals surface area contributed by atoms with Gasteiger partial charge in [0.05, 0.1) is 5.69 Å². The molecule has 5 heteroatoms. The molecular weight excluding hydrogens is 402 g/mol. The van der Waals surface area contributed by atoms with Crippen LogP contribution in [0, 0.1) is 5.92 Å². The smallest absolute Gasteiger partial charge is 0.230 e. The van der Waals surface area contributed by atoms with Gasteiger partial charge < -0.3 is 5.32 Å². The molecule has 2 aromatic carbocycles. The number of nitrogens with one attached hydrogen (secondary N) is 1. The lowest BCUT2D eigenvalue weighted by atomic mass is 9.94. The van der Waals surface area contributed by atoms with Gasteiger partial charge in [0, 0.05) is 30.1 Å². The summed E-state index contributed by atoms with van der Waals surface area (Å²) in [6.07, 6.45) is 5.15. The maximum Gasteiger partial charge on any atom is 0.230 e. The summed E-state index contributed by atoms with van der Waals surface area (Å²) in [5.41, 5.74) is 7.07. The van der Waals surface area contributed by atoms with Crippen molar-refractivity contribution in [3.05, 3.63) is 101 Å². The summed E-state index contributed by atoms with van der Waals surface area (Å²) in [5.74, 6) is 0.256. The molecule has 2 heterocycles. The standard InChI is InChI=1S/C26H23N3OS/c1-17-23-5-3-2-4-21(23)15-24(17)25(30)29-26-28-22(16-31-26)14-18-6-8-19(9-7-18)20-10-12-27-13-11-20/h2-13,16-17,24H,14-15H2,1H3,(H,28,29,30). The Hall–Kier alpha value is -3.31. The van der Waals surface area contributed by atoms with Gasteiger partial charge in [-0.25, -0.2) is 4.98 Å². The molecule has 1 aliphatic carbocycles. The molecule has 0 spiro atoms. The number of nitrogens with zero attached hydrogens (tertiary/aromatic N) is 2. The third-order valence-corrected chi connectivity index (χ3v) is 6.87. The molecule has 0 saturated carbocycles. The van der Waals surface area contributed by atoms with E-state index < -0.39 is 0 Å². The van der Waals surface area contributed by atoms with Gasteiger partial charge in [-0.3, -0.25) is 9.78 Å². The van der Waals surface area contributed by atoms with Gasteiger partial charge in [-0.1, -0.05) is 55.5 Å². The third kappa shape index (κ3) is 4.14. The number of carbonyl (C=O) groups is 1. The highest BCUT2D eigenvalue weighted by molar-refractivity contribution is 7.13. The minimum atomic E-state index is -0.0366. The fourth-order valence-electron chi connectivity index (χ4n) is 4.33. The van der Waals surface area contributed by atoms with Gasteiger partial charge in [0.1, 0.15) is 0 Å². The average molecular weight is 426 g/mol. The molecule has 0 radical (unpaired) electrons. The van der Waals surface area contributed by atoms with Crippen molar-refractivity contribution in [3.63, 3.8) is 0 Å². The van der Waals surface area contributed by atoms with Crippen LogP contribution in [-0.2, 0) is 17.6 Å². The number of hydrogen-bond donors (Lipinski definition) is 1. The molecule has 0 aliphatic heterocycles. The van der Waals surface area contributed by atoms with Crippen LogP contribution in [0.15, 0.2) is 78.4 Å². The van der Waals surface area contributed by atoms with Crippen LogP contribution in [0.3, 0.4) is 0 Å². The lowest BCUT2D eigenvalue weighted by Gasteiger charge is -2.14. The number of thiazole rings is 1. The summed E-state index contributed by atoms with van der Waals surface area (Å²) in [6, 6.07) is 20.9. The fourth-order valence-corrected chi connectivity index (χ4v) is 5.04. The van der Waals surface area contributed by atoms with E-state index in [1.807, 2.05) is 29.6 Å². The highest BCUT2D eigenvalue weighted by Crippen LogP contribution is 2.38. The van der Waals surface area contributed by atoms with Crippen LogP contribution in [0.5, 0.6) is 0 Å². The average Bonchev–Trinajstić information content (AvgIpc) is 3.39. The molecule has 0 fully saturated rings. The Morgan fingerprint density at radius 2 is 1.77 bits per heavy atom. The van der Waals surface area contributed by atoms with Crippen LogP contribution >= 0.6 is 11.3 Å². The van der Waals surface area contributed by atoms with E-state index in [2.05, 4.69) is 58.6 Å². The second-order valence-electron chi connectivity index (χ2n) is 8.04. The van der Waals surface area contributed by atoms with Gasteiger partial charge in [-0.05, 0) is 52.3 Å². The molecule has 31 heavy (non-hydrogen) atoms. The quantitative estimate of drug-likeness (QED) is 0.445. The topological polar surface area (TPSA) is 54.9 Å². The van der Waals surface area contributed by atoms with Crippen LogP contribution < -0.4 is 5.32 Å². The fraction of sp³-hybridized carbons (Fsp3) is 0.192. The minimum Gasteiger partial charge on any atom is -0.302 e. The summed E-state index contributed by atoms with van der Waals surface area (Å²) in [5, 5.41) is 5.75. The monoisotopic (exact) mass is 425 g/mol. The van der Waals surface area contributed by atoms with Gasteiger partial charge in [0.25, 0.3) is 0 Å². The largest absolute Gasteiger partial charge is 0.302 e. The number of pyridine rings is 1. The summed E-state index contributed by atoms with van der Waals surface area (Å²) in [7, 11) is 0. The first-order chi connectivity index (χ1) is 15.2. The van der Waals surface area contributed by atoms with Crippen LogP contribution in [0.4, 0.5) is 5.13 Å². The van der Waals surface area contributed by atoms with Crippen molar-refractivity contribution < 1.29 is 4.79 Å². The van der Waals surface area contributed by atoms with Gasteiger partial charge in [-0.2, -0.15) is 0 Å². The Labute approximate surface area is 186 Å². The number of carbonyl (C=O) groups excluding carboxylic acids is 1. The number of anilines is 1. The zero-order valence-corrected chi connectivity index (χ0v) is 18.1. The summed E-state index contributed by atoms with van der Waals surface area (Å²) < 4.78 is 0. The zero-order valence-electron chi connectivity index (χ0n) is 17.3. The Morgan fingerprint density at radius 1 is 1.03 bits per heavy atom. The van der Waals surface area contributed by atoms with E-state index in [0.29, 0.717) is 5.13 Å². The molecule has 2 aromatic heterocycles. The summed E-state index contributed by atoms with van der Waals surface area (Å²) >= 11 is 1.49. The normalized spacial score (nSPS) is 17.3. The van der Waals surface area contributed by atoms with Crippen molar-refractivity contribution in [2.75, 3.05) is 5.32 Å². The zero-order chi connectivity index (χ0) is 21.2. The molecule has 154 valence electrons. The van der Waals surface area contributed by atoms with Gasteiger partial charge in [-0.15, -0.1) is 11.3 Å². The molecule has 1 aliphatic rings. The van der Waals surface area contributed by atoms with Crippen molar-refractivity contribution in [1.29, 1.82) is 0 Å². The number of fused-ring (bicyclic) bond motifs is 1. The molecule has 4 nitrogen and oxygen atoms in total. The van der Waals surface area contributed by atoms with Crippen LogP contribution in [0.1, 0.15) is 35.2 Å². The van der Waals surface area contributed by atoms with E-state index in [4.69, 9.17) is 0 Å². The van der Waals surface area contributed by atoms with Crippen LogP contribution in [0.25, 0.3) is 11.1 Å². The van der Waals surface area contributed by atoms with Crippen molar-refractivity contribution >= 4 is 22.4 Å². The van der Waals surface area contributed by atoms with Crippen molar-refractivity contribution in [2.45, 2.75) is 25.7 Å². The number of aromatic nitrogens is 2.